The number of piperazine rings is 1. The lowest BCUT2D eigenvalue weighted by Gasteiger charge is -2.36. The molecule has 0 atom stereocenters. The number of nitrogens with zero attached hydrogens (tertiary/aromatic N) is 3. The van der Waals surface area contributed by atoms with Crippen LogP contribution in [0.2, 0.25) is 0 Å². The molecule has 10 heteroatoms. The molecule has 1 aromatic carbocycles. The van der Waals surface area contributed by atoms with Crippen molar-refractivity contribution < 1.29 is 14.3 Å². The van der Waals surface area contributed by atoms with Crippen LogP contribution in [0.25, 0.3) is 0 Å². The Kier molecular flexibility index (Phi) is 7.04. The van der Waals surface area contributed by atoms with Crippen LogP contribution in [0, 0.1) is 0 Å². The summed E-state index contributed by atoms with van der Waals surface area (Å²) in [6.07, 6.45) is 2.25. The average Bonchev–Trinajstić information content (AvgIpc) is 3.30. The van der Waals surface area contributed by atoms with E-state index >= 15 is 0 Å². The maximum atomic E-state index is 12.7. The van der Waals surface area contributed by atoms with Gasteiger partial charge in [0.05, 0.1) is 18.4 Å². The number of benzene rings is 1. The zero-order valence-electron chi connectivity index (χ0n) is 18.2. The van der Waals surface area contributed by atoms with E-state index in [-0.39, 0.29) is 17.4 Å². The number of carbonyl (C=O) groups is 2. The summed E-state index contributed by atoms with van der Waals surface area (Å²) < 4.78 is 5.20. The Morgan fingerprint density at radius 2 is 1.88 bits per heavy atom. The van der Waals surface area contributed by atoms with Gasteiger partial charge in [0.2, 0.25) is 11.5 Å². The van der Waals surface area contributed by atoms with E-state index in [9.17, 15) is 14.4 Å². The number of aromatic nitrogens is 2. The van der Waals surface area contributed by atoms with E-state index in [1.54, 1.807) is 7.11 Å². The van der Waals surface area contributed by atoms with Gasteiger partial charge >= 0.3 is 0 Å². The summed E-state index contributed by atoms with van der Waals surface area (Å²) in [6.45, 7) is 2.94. The quantitative estimate of drug-likeness (QED) is 0.552. The first-order valence-electron chi connectivity index (χ1n) is 10.6. The van der Waals surface area contributed by atoms with Crippen molar-refractivity contribution in [3.8, 4) is 5.75 Å². The number of hydrogen-bond acceptors (Lipinski definition) is 7. The molecule has 172 valence electrons. The highest BCUT2D eigenvalue weighted by Crippen LogP contribution is 2.21. The number of aromatic amines is 1. The van der Waals surface area contributed by atoms with Crippen molar-refractivity contribution in [2.24, 2.45) is 0 Å². The maximum Gasteiger partial charge on any atom is 0.258 e. The van der Waals surface area contributed by atoms with Crippen LogP contribution in [-0.2, 0) is 11.2 Å². The van der Waals surface area contributed by atoms with Gasteiger partial charge < -0.3 is 19.5 Å². The van der Waals surface area contributed by atoms with Crippen molar-refractivity contribution in [1.29, 1.82) is 0 Å². The standard InChI is InChI=1S/C23H25N5O4S/c1-32-19-6-4-18(5-7-19)27-10-12-28(13-11-27)21(30)9-3-17-15-33-23(25-17)26-22(31)16-2-8-20(29)24-14-16/h2,4-8,14-15H,3,9-13H2,1H3,(H,24,29)(H,25,26,31). The largest absolute Gasteiger partial charge is 0.497 e. The number of methoxy groups -OCH3 is 1. The Balaban J connectivity index is 1.23. The summed E-state index contributed by atoms with van der Waals surface area (Å²) in [5, 5.41) is 5.02. The third-order valence-electron chi connectivity index (χ3n) is 5.48. The van der Waals surface area contributed by atoms with E-state index in [4.69, 9.17) is 4.74 Å². The lowest BCUT2D eigenvalue weighted by Crippen LogP contribution is -2.48. The summed E-state index contributed by atoms with van der Waals surface area (Å²) in [4.78, 5) is 47.0. The predicted molar refractivity (Wildman–Crippen MR) is 127 cm³/mol. The van der Waals surface area contributed by atoms with Gasteiger partial charge in [-0.2, -0.15) is 0 Å². The Hall–Kier alpha value is -3.66. The second-order valence-corrected chi connectivity index (χ2v) is 8.46. The third kappa shape index (κ3) is 5.78. The molecule has 0 saturated carbocycles. The van der Waals surface area contributed by atoms with Gasteiger partial charge in [0.15, 0.2) is 5.13 Å². The van der Waals surface area contributed by atoms with E-state index in [0.717, 1.165) is 30.2 Å². The minimum Gasteiger partial charge on any atom is -0.497 e. The fourth-order valence-electron chi connectivity index (χ4n) is 3.60. The fraction of sp³-hybridized carbons (Fsp3) is 0.304. The molecule has 0 aliphatic carbocycles. The summed E-state index contributed by atoms with van der Waals surface area (Å²) in [6, 6.07) is 10.7. The van der Waals surface area contributed by atoms with Crippen LogP contribution in [0.3, 0.4) is 0 Å². The Bertz CT molecular complexity index is 1150. The van der Waals surface area contributed by atoms with Crippen molar-refractivity contribution in [2.45, 2.75) is 12.8 Å². The minimum atomic E-state index is -0.349. The van der Waals surface area contributed by atoms with Crippen molar-refractivity contribution in [1.82, 2.24) is 14.9 Å². The average molecular weight is 468 g/mol. The summed E-state index contributed by atoms with van der Waals surface area (Å²) in [5.41, 5.74) is 1.97. The van der Waals surface area contributed by atoms with Crippen LogP contribution in [0.1, 0.15) is 22.5 Å². The van der Waals surface area contributed by atoms with E-state index in [2.05, 4.69) is 20.2 Å². The molecule has 0 radical (unpaired) electrons. The number of pyridine rings is 1. The number of hydrogen-bond donors (Lipinski definition) is 2. The summed E-state index contributed by atoms with van der Waals surface area (Å²) in [7, 11) is 1.65. The van der Waals surface area contributed by atoms with E-state index in [1.807, 2.05) is 34.5 Å². The third-order valence-corrected chi connectivity index (χ3v) is 6.29. The number of thiazole rings is 1. The van der Waals surface area contributed by atoms with E-state index in [0.29, 0.717) is 36.6 Å². The fourth-order valence-corrected chi connectivity index (χ4v) is 4.34. The zero-order chi connectivity index (χ0) is 23.2. The number of amides is 2. The Morgan fingerprint density at radius 3 is 2.55 bits per heavy atom. The van der Waals surface area contributed by atoms with Crippen molar-refractivity contribution in [2.75, 3.05) is 43.5 Å². The van der Waals surface area contributed by atoms with Gasteiger partial charge in [-0.3, -0.25) is 19.7 Å². The molecule has 1 aliphatic rings. The molecule has 33 heavy (non-hydrogen) atoms. The topological polar surface area (TPSA) is 108 Å². The van der Waals surface area contributed by atoms with Crippen LogP contribution in [0.15, 0.2) is 52.8 Å². The van der Waals surface area contributed by atoms with E-state index < -0.39 is 0 Å². The van der Waals surface area contributed by atoms with Crippen LogP contribution < -0.4 is 20.5 Å². The zero-order valence-corrected chi connectivity index (χ0v) is 19.1. The predicted octanol–water partition coefficient (Wildman–Crippen LogP) is 2.37. The summed E-state index contributed by atoms with van der Waals surface area (Å²) in [5.74, 6) is 0.586. The number of rotatable bonds is 7. The second kappa shape index (κ2) is 10.3. The van der Waals surface area contributed by atoms with Crippen molar-refractivity contribution in [3.63, 3.8) is 0 Å². The highest BCUT2D eigenvalue weighted by atomic mass is 32.1. The molecule has 1 fully saturated rings. The normalized spacial score (nSPS) is 13.6. The maximum absolute atomic E-state index is 12.7. The highest BCUT2D eigenvalue weighted by molar-refractivity contribution is 7.14. The molecular weight excluding hydrogens is 442 g/mol. The van der Waals surface area contributed by atoms with Gasteiger partial charge in [0.25, 0.3) is 5.91 Å². The Labute approximate surface area is 195 Å². The first kappa shape index (κ1) is 22.5. The first-order chi connectivity index (χ1) is 16.0. The van der Waals surface area contributed by atoms with Gasteiger partial charge in [-0.1, -0.05) is 0 Å². The molecule has 2 N–H and O–H groups in total. The molecule has 1 aliphatic heterocycles. The number of anilines is 2. The molecule has 2 aromatic heterocycles. The van der Waals surface area contributed by atoms with Crippen LogP contribution in [-0.4, -0.2) is 60.0 Å². The van der Waals surface area contributed by atoms with Crippen molar-refractivity contribution >= 4 is 34.0 Å². The molecule has 4 rings (SSSR count). The highest BCUT2D eigenvalue weighted by Gasteiger charge is 2.21. The van der Waals surface area contributed by atoms with Crippen LogP contribution >= 0.6 is 11.3 Å². The smallest absolute Gasteiger partial charge is 0.258 e. The minimum absolute atomic E-state index is 0.108. The second-order valence-electron chi connectivity index (χ2n) is 7.61. The molecule has 0 spiro atoms. The van der Waals surface area contributed by atoms with E-state index in [1.165, 1.54) is 29.7 Å². The van der Waals surface area contributed by atoms with Gasteiger partial charge in [-0.25, -0.2) is 4.98 Å². The van der Waals surface area contributed by atoms with Crippen LogP contribution in [0.5, 0.6) is 5.75 Å². The SMILES string of the molecule is COc1ccc(N2CCN(C(=O)CCc3csc(NC(=O)c4ccc(=O)[nH]c4)n3)CC2)cc1. The molecule has 1 saturated heterocycles. The molecule has 2 amide bonds. The lowest BCUT2D eigenvalue weighted by molar-refractivity contribution is -0.131. The molecule has 0 unspecified atom stereocenters. The van der Waals surface area contributed by atoms with Gasteiger partial charge in [0, 0.05) is 55.9 Å². The monoisotopic (exact) mass is 467 g/mol. The first-order valence-corrected chi connectivity index (χ1v) is 11.5. The molecular formula is C23H25N5O4S. The Morgan fingerprint density at radius 1 is 1.12 bits per heavy atom. The van der Waals surface area contributed by atoms with Gasteiger partial charge in [0.1, 0.15) is 5.75 Å². The van der Waals surface area contributed by atoms with Crippen LogP contribution in [0.4, 0.5) is 10.8 Å². The number of carbonyl (C=O) groups excluding carboxylic acids is 2. The number of aryl methyl sites for hydroxylation is 1. The molecule has 3 heterocycles. The summed E-state index contributed by atoms with van der Waals surface area (Å²) >= 11 is 1.31. The van der Waals surface area contributed by atoms with Crippen molar-refractivity contribution in [3.05, 3.63) is 69.6 Å². The lowest BCUT2D eigenvalue weighted by atomic mass is 10.2. The number of nitrogens with one attached hydrogen (secondary N) is 2. The van der Waals surface area contributed by atoms with Gasteiger partial charge in [-0.05, 0) is 36.8 Å². The molecule has 0 bridgehead atoms. The number of H-pyrrole nitrogens is 1. The number of ether oxygens (including phenoxy) is 1. The van der Waals surface area contributed by atoms with Gasteiger partial charge in [-0.15, -0.1) is 11.3 Å². The molecule has 3 aromatic rings. The molecule has 9 nitrogen and oxygen atoms in total.